The summed E-state index contributed by atoms with van der Waals surface area (Å²) in [5.74, 6) is 0. The SMILES string of the molecule is C=[C-]Cc1[c-]ccc(S(=O)(=O)Cl)c1.C=[C-]Cc1[c-]ccc(S(=O)(=O)NC)c1.C=[C-]Cc1[c-]cccc1.CC.CC.CC.CC.CC.CN.O=S(=O)(O)Cl.[B].[B].[Y].[Y].[Y]. The number of nitrogens with two attached hydrogens (primary N) is 1. The van der Waals surface area contributed by atoms with Crippen LogP contribution in [0.1, 0.15) is 85.9 Å². The first-order valence-corrected chi connectivity index (χ1v) is 22.7. The summed E-state index contributed by atoms with van der Waals surface area (Å²) in [4.78, 5) is 0.321. The van der Waals surface area contributed by atoms with Gasteiger partial charge in [-0.25, -0.2) is 21.6 Å². The van der Waals surface area contributed by atoms with Gasteiger partial charge in [0.25, 0.3) is 0 Å². The molecule has 0 atom stereocenters. The molecule has 9 radical (unpaired) electrons. The molecule has 0 aromatic heterocycles. The summed E-state index contributed by atoms with van der Waals surface area (Å²) in [7, 11) is 0.900. The van der Waals surface area contributed by atoms with Crippen LogP contribution in [0.25, 0.3) is 0 Å². The van der Waals surface area contributed by atoms with Gasteiger partial charge in [0.05, 0.1) is 0 Å². The standard InChI is InChI=1S/C10H11NO2S.C9H7ClO2S.C9H8.5C2H6.CH5N.2B.ClHO3S.3Y/c1-3-5-9-6-4-7-10(8-9)14(12,13)11-2;1-2-4-8-5-3-6-9(7-8)13(10,11)12;1-2-6-9-7-4-3-5-8-9;6*1-2;;;1-5(2,3)4;;;/h4,7-8,11H,1,5H2,2H3;3,6-7H,1,4H2;3-5,7H,1,6H2;5*1-2H3;2H2,1H3;;;(H,2,3,4);;;/q3*-2;;;;;;;;;;;;. The van der Waals surface area contributed by atoms with E-state index in [1.54, 1.807) is 12.1 Å². The number of nitrogens with one attached hydrogen (secondary N) is 1. The van der Waals surface area contributed by atoms with Crippen molar-refractivity contribution >= 4 is 66.6 Å². The third-order valence-corrected chi connectivity index (χ3v) is 7.01. The van der Waals surface area contributed by atoms with Crippen LogP contribution in [-0.2, 0) is 146 Å². The van der Waals surface area contributed by atoms with Crippen molar-refractivity contribution in [2.45, 2.75) is 98.3 Å². The minimum absolute atomic E-state index is 0. The molecule has 9 nitrogen and oxygen atoms in total. The molecule has 0 saturated carbocycles. The van der Waals surface area contributed by atoms with Gasteiger partial charge in [-0.15, -0.1) is 0 Å². The summed E-state index contributed by atoms with van der Waals surface area (Å²) in [6, 6.07) is 25.7. The Morgan fingerprint density at radius 3 is 1.17 bits per heavy atom. The normalized spacial score (nSPS) is 8.21. The van der Waals surface area contributed by atoms with Crippen LogP contribution in [0, 0.1) is 36.4 Å². The average Bonchev–Trinajstić information content (AvgIpc) is 3.17. The molecular formula is C39H62B2Cl2N2O7S3Y3-6. The van der Waals surface area contributed by atoms with Crippen LogP contribution in [0.3, 0.4) is 0 Å². The second kappa shape index (κ2) is 64.3. The number of benzene rings is 3. The number of hydrogen-bond donors (Lipinski definition) is 3. The Bertz CT molecular complexity index is 1610. The minimum Gasteiger partial charge on any atom is -0.502 e. The van der Waals surface area contributed by atoms with Gasteiger partial charge in [-0.3, -0.25) is 24.3 Å². The van der Waals surface area contributed by atoms with E-state index < -0.39 is 28.4 Å². The van der Waals surface area contributed by atoms with Crippen LogP contribution in [0.2, 0.25) is 0 Å². The van der Waals surface area contributed by atoms with Crippen LogP contribution >= 0.6 is 21.4 Å². The summed E-state index contributed by atoms with van der Waals surface area (Å²) in [5, 5.41) is 0. The fourth-order valence-corrected chi connectivity index (χ4v) is 4.15. The molecule has 4 N–H and O–H groups in total. The Kier molecular flexibility index (Phi) is 99.2. The molecule has 3 rings (SSSR count). The second-order valence-electron chi connectivity index (χ2n) is 7.32. The van der Waals surface area contributed by atoms with Crippen molar-refractivity contribution in [2.24, 2.45) is 5.73 Å². The quantitative estimate of drug-likeness (QED) is 0.0830. The van der Waals surface area contributed by atoms with Gasteiger partial charge in [-0.1, -0.05) is 69.2 Å². The number of halogens is 2. The Balaban J connectivity index is -0.0000000448. The largest absolute Gasteiger partial charge is 0.502 e. The van der Waals surface area contributed by atoms with E-state index >= 15 is 0 Å². The zero-order valence-electron chi connectivity index (χ0n) is 36.4. The molecule has 3 aromatic carbocycles. The van der Waals surface area contributed by atoms with Gasteiger partial charge in [-0.2, -0.15) is 123 Å². The molecular weight excluding hydrogens is 1060 g/mol. The molecule has 0 unspecified atom stereocenters. The average molecular weight is 1130 g/mol. The molecule has 0 bridgehead atoms. The van der Waals surface area contributed by atoms with E-state index in [-0.39, 0.29) is 125 Å². The molecule has 0 spiro atoms. The van der Waals surface area contributed by atoms with E-state index in [9.17, 15) is 16.8 Å². The molecule has 0 aliphatic carbocycles. The first kappa shape index (κ1) is 89.6. The summed E-state index contributed by atoms with van der Waals surface area (Å²) in [6.45, 7) is 30.4. The van der Waals surface area contributed by atoms with Crippen molar-refractivity contribution in [1.29, 1.82) is 0 Å². The Morgan fingerprint density at radius 2 is 0.897 bits per heavy atom. The molecule has 58 heavy (non-hydrogen) atoms. The van der Waals surface area contributed by atoms with Crippen LogP contribution in [0.5, 0.6) is 0 Å². The van der Waals surface area contributed by atoms with Gasteiger partial charge in [-0.05, 0) is 23.9 Å². The molecule has 0 fully saturated rings. The molecule has 323 valence electrons. The number of rotatable bonds is 9. The van der Waals surface area contributed by atoms with Crippen molar-refractivity contribution in [3.8, 4) is 0 Å². The molecule has 0 saturated heterocycles. The van der Waals surface area contributed by atoms with Crippen molar-refractivity contribution in [1.82, 2.24) is 4.72 Å². The fraction of sp³-hybridized carbons (Fsp3) is 0.385. The van der Waals surface area contributed by atoms with Crippen LogP contribution in [0.4, 0.5) is 0 Å². The zero-order valence-corrected chi connectivity index (χ0v) is 48.8. The van der Waals surface area contributed by atoms with E-state index in [1.807, 2.05) is 93.5 Å². The van der Waals surface area contributed by atoms with Gasteiger partial charge in [0.2, 0.25) is 19.1 Å². The van der Waals surface area contributed by atoms with E-state index in [0.29, 0.717) is 18.4 Å². The van der Waals surface area contributed by atoms with E-state index in [1.165, 1.54) is 38.4 Å². The summed E-state index contributed by atoms with van der Waals surface area (Å²) in [5.41, 5.74) is 7.11. The maximum Gasteiger partial charge on any atom is 0.353 e. The minimum atomic E-state index is -4.19. The van der Waals surface area contributed by atoms with Crippen LogP contribution in [-0.4, -0.2) is 60.7 Å². The first-order chi connectivity index (χ1) is 25.1. The van der Waals surface area contributed by atoms with Gasteiger partial charge >= 0.3 is 9.33 Å². The topological polar surface area (TPSA) is 161 Å². The zero-order chi connectivity index (χ0) is 43.5. The summed E-state index contributed by atoms with van der Waals surface area (Å²) >= 11 is 0. The molecule has 3 aromatic rings. The van der Waals surface area contributed by atoms with Crippen molar-refractivity contribution in [3.05, 3.63) is 134 Å². The Morgan fingerprint density at radius 1 is 0.603 bits per heavy atom. The number of allylic oxidation sites excluding steroid dienone is 3. The first-order valence-electron chi connectivity index (χ1n) is 16.7. The van der Waals surface area contributed by atoms with Gasteiger partial charge in [0.1, 0.15) is 0 Å². The molecule has 19 heteroatoms. The summed E-state index contributed by atoms with van der Waals surface area (Å²) in [6.07, 6.45) is 9.87. The van der Waals surface area contributed by atoms with Gasteiger partial charge in [0.15, 0.2) is 0 Å². The molecule has 0 aliphatic heterocycles. The van der Waals surface area contributed by atoms with E-state index in [4.69, 9.17) is 23.7 Å². The molecule has 0 heterocycles. The van der Waals surface area contributed by atoms with Gasteiger partial charge in [0, 0.05) is 136 Å². The van der Waals surface area contributed by atoms with E-state index in [0.717, 1.165) is 17.5 Å². The third-order valence-electron chi connectivity index (χ3n) is 4.25. The number of sulfonamides is 1. The van der Waals surface area contributed by atoms with Crippen LogP contribution in [0.15, 0.2) is 90.2 Å². The monoisotopic (exact) mass is 1130 g/mol. The fourth-order valence-electron chi connectivity index (χ4n) is 2.57. The maximum absolute atomic E-state index is 11.4. The third kappa shape index (κ3) is 63.3. The Labute approximate surface area is 445 Å². The molecule has 0 amide bonds. The van der Waals surface area contributed by atoms with Crippen molar-refractivity contribution < 1.29 is 128 Å². The second-order valence-corrected chi connectivity index (χ2v) is 13.8. The maximum atomic E-state index is 11.4. The predicted octanol–water partition coefficient (Wildman–Crippen LogP) is 8.86. The van der Waals surface area contributed by atoms with Gasteiger partial charge < -0.3 is 24.0 Å². The smallest absolute Gasteiger partial charge is 0.353 e. The Hall–Kier alpha value is 0.632. The number of hydrogen-bond acceptors (Lipinski definition) is 7. The van der Waals surface area contributed by atoms with Crippen LogP contribution < -0.4 is 10.5 Å². The molecule has 0 aliphatic rings. The predicted molar refractivity (Wildman–Crippen MR) is 239 cm³/mol. The van der Waals surface area contributed by atoms with Crippen molar-refractivity contribution in [2.75, 3.05) is 14.1 Å². The van der Waals surface area contributed by atoms with E-state index in [2.05, 4.69) is 77.3 Å². The summed E-state index contributed by atoms with van der Waals surface area (Å²) < 4.78 is 72.0. The van der Waals surface area contributed by atoms with Crippen molar-refractivity contribution in [3.63, 3.8) is 0 Å².